The molecular weight excluding hydrogens is 1470 g/mol. The van der Waals surface area contributed by atoms with Crippen LogP contribution in [0.3, 0.4) is 0 Å². The van der Waals surface area contributed by atoms with E-state index < -0.39 is 90.1 Å². The number of hydrogen-bond acceptors (Lipinski definition) is 24. The summed E-state index contributed by atoms with van der Waals surface area (Å²) in [4.78, 5) is 116. The lowest BCUT2D eigenvalue weighted by Crippen LogP contribution is -2.64. The molecule has 1 saturated heterocycles. The predicted molar refractivity (Wildman–Crippen MR) is 403 cm³/mol. The number of amides is 3. The number of thiazole rings is 1. The number of halogens is 1. The zero-order valence-electron chi connectivity index (χ0n) is 63.0. The number of carbonyl (C=O) groups is 8. The summed E-state index contributed by atoms with van der Waals surface area (Å²) < 4.78 is 82.6. The van der Waals surface area contributed by atoms with Crippen molar-refractivity contribution < 1.29 is 100.0 Å². The largest absolute Gasteiger partial charge is 0.491 e. The number of carboxylic acid groups (broad SMARTS) is 1. The molecule has 0 spiro atoms. The number of esters is 4. The topological polar surface area (TPSA) is 341 Å². The van der Waals surface area contributed by atoms with E-state index in [2.05, 4.69) is 46.9 Å². The predicted octanol–water partition coefficient (Wildman–Crippen LogP) is 11.6. The number of hydrogen-bond donors (Lipinski definition) is 4. The Kier molecular flexibility index (Phi) is 22.4. The molecule has 588 valence electrons. The molecule has 112 heavy (non-hydrogen) atoms. The molecule has 30 heteroatoms. The molecule has 7 atom stereocenters. The number of methoxy groups -OCH3 is 1. The zero-order chi connectivity index (χ0) is 78.8. The van der Waals surface area contributed by atoms with Gasteiger partial charge in [0.2, 0.25) is 12.4 Å². The maximum absolute atomic E-state index is 15.4. The van der Waals surface area contributed by atoms with Gasteiger partial charge in [0.15, 0.2) is 29.1 Å². The molecule has 3 aromatic heterocycles. The minimum absolute atomic E-state index is 0.00391. The number of fused-ring (bicyclic) bond motifs is 5. The van der Waals surface area contributed by atoms with Crippen molar-refractivity contribution in [2.75, 3.05) is 70.0 Å². The number of aromatic carboxylic acids is 1. The standard InChI is InChI=1S/C82H87FN8O20S/c1-46-59(57-23-25-66(88-67(57)73(96)97)90-29-26-56-60(36-90)58(22-24-62(56)83)72(95)89-76-87-63-18-12-13-19-65(63)112-76)35-86-91(46)45-81-40-79(5)39-80(6,41-81)43-82(42-79,44-81)106-31-28-85-77(99)104-37-50-20-21-51(110-75-71(109-49(4)94)69(108-48(3)93)68(107-47(2)92)70(111-75)74(98)101-7)34-64(50)103-33-32-102-30-27-84-78(100)105-38-61-54-16-10-8-14-52(54)53-15-9-11-17-55(53)61/h8-25,34-35,61,68-71,75H,26-33,36-45H2,1-7H3,(H,84,100)(H,85,99)(H,96,97)(H,87,89,95)/t68-,69-,70-,71+,75+,79?,80?,81?,82?/m0/s1. The molecule has 7 aliphatic rings. The molecule has 5 fully saturated rings. The van der Waals surface area contributed by atoms with Crippen LogP contribution < -0.4 is 30.3 Å². The van der Waals surface area contributed by atoms with Crippen LogP contribution in [-0.4, -0.2) is 169 Å². The lowest BCUT2D eigenvalue weighted by Gasteiger charge is -2.69. The number of pyridine rings is 1. The number of carbonyl (C=O) groups excluding carboxylic acids is 7. The third-order valence-corrected chi connectivity index (χ3v) is 22.6. The minimum Gasteiger partial charge on any atom is -0.491 e. The van der Waals surface area contributed by atoms with E-state index >= 15 is 4.39 Å². The van der Waals surface area contributed by atoms with Crippen LogP contribution in [0.1, 0.15) is 133 Å². The van der Waals surface area contributed by atoms with Crippen molar-refractivity contribution in [3.63, 3.8) is 0 Å². The molecule has 5 aliphatic carbocycles. The lowest BCUT2D eigenvalue weighted by molar-refractivity contribution is -0.282. The number of ether oxygens (including phenoxy) is 11. The van der Waals surface area contributed by atoms with E-state index in [-0.39, 0.29) is 111 Å². The average molecular weight is 1560 g/mol. The Morgan fingerprint density at radius 3 is 2.08 bits per heavy atom. The number of benzene rings is 5. The fraction of sp³-hybridized carbons (Fsp3) is 0.427. The zero-order valence-corrected chi connectivity index (χ0v) is 63.8. The van der Waals surface area contributed by atoms with E-state index in [4.69, 9.17) is 62.2 Å². The summed E-state index contributed by atoms with van der Waals surface area (Å²) >= 11 is 1.34. The van der Waals surface area contributed by atoms with Crippen molar-refractivity contribution in [1.82, 2.24) is 30.4 Å². The van der Waals surface area contributed by atoms with Gasteiger partial charge in [-0.1, -0.05) is 85.8 Å². The second-order valence-corrected chi connectivity index (χ2v) is 31.4. The fourth-order valence-electron chi connectivity index (χ4n) is 18.4. The van der Waals surface area contributed by atoms with Gasteiger partial charge in [0, 0.05) is 93.4 Å². The molecule has 2 aliphatic heterocycles. The van der Waals surface area contributed by atoms with Gasteiger partial charge >= 0.3 is 42.0 Å². The van der Waals surface area contributed by atoms with Crippen molar-refractivity contribution >= 4 is 80.4 Å². The van der Waals surface area contributed by atoms with Crippen LogP contribution in [0.25, 0.3) is 32.5 Å². The van der Waals surface area contributed by atoms with Gasteiger partial charge < -0.3 is 72.7 Å². The summed E-state index contributed by atoms with van der Waals surface area (Å²) in [6.45, 7) is 11.0. The number of carboxylic acids is 1. The molecule has 8 aromatic rings. The molecule has 4 saturated carbocycles. The van der Waals surface area contributed by atoms with Crippen LogP contribution in [0.15, 0.2) is 121 Å². The third-order valence-electron chi connectivity index (χ3n) is 21.7. The summed E-state index contributed by atoms with van der Waals surface area (Å²) in [5, 5.41) is 24.6. The van der Waals surface area contributed by atoms with Crippen LogP contribution in [0.4, 0.5) is 24.9 Å². The third kappa shape index (κ3) is 16.8. The molecule has 0 radical (unpaired) electrons. The molecule has 2 unspecified atom stereocenters. The van der Waals surface area contributed by atoms with Crippen molar-refractivity contribution in [2.24, 2.45) is 16.2 Å². The Bertz CT molecular complexity index is 4870. The second kappa shape index (κ2) is 32.3. The first-order valence-electron chi connectivity index (χ1n) is 37.1. The van der Waals surface area contributed by atoms with Crippen molar-refractivity contribution in [3.05, 3.63) is 172 Å². The van der Waals surface area contributed by atoms with E-state index in [1.807, 2.05) is 77.2 Å². The van der Waals surface area contributed by atoms with Crippen LogP contribution in [0, 0.1) is 29.0 Å². The molecule has 15 rings (SSSR count). The highest BCUT2D eigenvalue weighted by molar-refractivity contribution is 7.22. The fourth-order valence-corrected chi connectivity index (χ4v) is 19.3. The van der Waals surface area contributed by atoms with E-state index in [0.717, 1.165) is 105 Å². The number of anilines is 2. The smallest absolute Gasteiger partial charge is 0.407 e. The highest BCUT2D eigenvalue weighted by atomic mass is 32.1. The lowest BCUT2D eigenvalue weighted by atomic mass is 9.39. The van der Waals surface area contributed by atoms with E-state index in [9.17, 15) is 43.5 Å². The maximum atomic E-state index is 15.4. The number of rotatable bonds is 28. The van der Waals surface area contributed by atoms with Crippen LogP contribution in [-0.2, 0) is 87.9 Å². The molecule has 5 aromatic carbocycles. The summed E-state index contributed by atoms with van der Waals surface area (Å²) in [5.41, 5.74) is 7.33. The summed E-state index contributed by atoms with van der Waals surface area (Å²) in [6, 6.07) is 34.3. The van der Waals surface area contributed by atoms with Gasteiger partial charge in [0.1, 0.15) is 43.0 Å². The van der Waals surface area contributed by atoms with E-state index in [1.165, 1.54) is 35.6 Å². The molecule has 28 nitrogen and oxygen atoms in total. The quantitative estimate of drug-likeness (QED) is 0.0201. The summed E-state index contributed by atoms with van der Waals surface area (Å²) in [6.07, 6.45) is -2.53. The number of aromatic nitrogens is 4. The van der Waals surface area contributed by atoms with Gasteiger partial charge in [-0.3, -0.25) is 29.2 Å². The minimum atomic E-state index is -1.74. The molecule has 5 heterocycles. The molecule has 3 amide bonds. The highest BCUT2D eigenvalue weighted by Crippen LogP contribution is 2.72. The van der Waals surface area contributed by atoms with Gasteiger partial charge in [-0.05, 0) is 150 Å². The second-order valence-electron chi connectivity index (χ2n) is 30.3. The Morgan fingerprint density at radius 2 is 1.38 bits per heavy atom. The number of nitrogens with one attached hydrogen (secondary N) is 3. The number of alkyl carbamates (subject to hydrolysis) is 2. The normalized spacial score (nSPS) is 23.2. The number of para-hydroxylation sites is 1. The van der Waals surface area contributed by atoms with Crippen molar-refractivity contribution in [3.8, 4) is 33.8 Å². The number of nitrogens with zero attached hydrogens (tertiary/aromatic N) is 5. The molecule has 4 N–H and O–H groups in total. The van der Waals surface area contributed by atoms with Gasteiger partial charge in [0.25, 0.3) is 5.91 Å². The average Bonchev–Trinajstić information content (AvgIpc) is 0.777. The molecule has 4 bridgehead atoms. The monoisotopic (exact) mass is 1550 g/mol. The van der Waals surface area contributed by atoms with E-state index in [1.54, 1.807) is 24.4 Å². The SMILES string of the molecule is COC(=O)[C@H]1O[C@@H](Oc2ccc(COC(=O)NCCOC34CC5(C)CC(C)(CC(Cn6ncc(-c7ccc(N8CCc9c(F)ccc(C(=O)Nc%10nc%11ccccc%11s%10)c9C8)nc7C(=O)O)c6C)(C5)C3)C4)c(OCCOCCNC(=O)OCC3c4ccccc4-c4ccccc43)c2)[C@H](OC(C)=O)[C@@H](OC(C)=O)[C@@H]1OC(C)=O. The van der Waals surface area contributed by atoms with Crippen molar-refractivity contribution in [1.29, 1.82) is 0 Å². The van der Waals surface area contributed by atoms with Crippen LogP contribution in [0.5, 0.6) is 11.5 Å². The maximum Gasteiger partial charge on any atom is 0.407 e. The first-order chi connectivity index (χ1) is 53.8. The van der Waals surface area contributed by atoms with Crippen molar-refractivity contribution in [2.45, 2.75) is 148 Å². The Balaban J connectivity index is 0.611. The summed E-state index contributed by atoms with van der Waals surface area (Å²) in [7, 11) is 1.07. The van der Waals surface area contributed by atoms with E-state index in [0.29, 0.717) is 51.9 Å². The van der Waals surface area contributed by atoms with Gasteiger partial charge in [0.05, 0.1) is 48.9 Å². The van der Waals surface area contributed by atoms with Crippen LogP contribution in [0.2, 0.25) is 0 Å². The first kappa shape index (κ1) is 77.6. The Labute approximate surface area is 648 Å². The Hall–Kier alpha value is -11.1. The summed E-state index contributed by atoms with van der Waals surface area (Å²) in [5.74, 6) is -5.37. The van der Waals surface area contributed by atoms with Gasteiger partial charge in [-0.2, -0.15) is 5.10 Å². The van der Waals surface area contributed by atoms with Crippen LogP contribution >= 0.6 is 11.3 Å². The highest BCUT2D eigenvalue weighted by Gasteiger charge is 2.66. The van der Waals surface area contributed by atoms with Gasteiger partial charge in [-0.25, -0.2) is 33.5 Å². The molecular formula is C82H87FN8O20S. The van der Waals surface area contributed by atoms with Gasteiger partial charge in [-0.15, -0.1) is 0 Å². The Morgan fingerprint density at radius 1 is 0.696 bits per heavy atom. The first-order valence-corrected chi connectivity index (χ1v) is 38.0.